The third-order valence-corrected chi connectivity index (χ3v) is 6.82. The van der Waals surface area contributed by atoms with Gasteiger partial charge in [-0.15, -0.1) is 0 Å². The Morgan fingerprint density at radius 2 is 2.04 bits per heavy atom. The molecule has 0 radical (unpaired) electrons. The zero-order chi connectivity index (χ0) is 19.9. The van der Waals surface area contributed by atoms with Gasteiger partial charge in [0, 0.05) is 25.6 Å². The molecule has 0 aromatic heterocycles. The largest absolute Gasteiger partial charge is 0.454 e. The van der Waals surface area contributed by atoms with Gasteiger partial charge in [-0.25, -0.2) is 8.42 Å². The zero-order valence-corrected chi connectivity index (χ0v) is 16.8. The molecule has 0 saturated carbocycles. The Labute approximate surface area is 161 Å². The number of carbonyl (C=O) groups is 3. The lowest BCUT2D eigenvalue weighted by Crippen LogP contribution is -2.44. The molecular formula is C18H30N2O6S. The van der Waals surface area contributed by atoms with Crippen molar-refractivity contribution in [3.63, 3.8) is 0 Å². The molecule has 0 aliphatic carbocycles. The highest BCUT2D eigenvalue weighted by atomic mass is 32.2. The fourth-order valence-corrected chi connectivity index (χ4v) is 5.22. The Morgan fingerprint density at radius 1 is 1.26 bits per heavy atom. The highest BCUT2D eigenvalue weighted by Gasteiger charge is 2.34. The Morgan fingerprint density at radius 3 is 2.70 bits per heavy atom. The quantitative estimate of drug-likeness (QED) is 0.555. The van der Waals surface area contributed by atoms with Crippen molar-refractivity contribution in [1.82, 2.24) is 9.80 Å². The van der Waals surface area contributed by atoms with Crippen LogP contribution in [0.3, 0.4) is 0 Å². The molecule has 2 saturated heterocycles. The van der Waals surface area contributed by atoms with Crippen molar-refractivity contribution in [3.05, 3.63) is 0 Å². The van der Waals surface area contributed by atoms with E-state index in [0.717, 1.165) is 32.1 Å². The van der Waals surface area contributed by atoms with Crippen molar-refractivity contribution in [2.45, 2.75) is 57.9 Å². The van der Waals surface area contributed by atoms with Crippen LogP contribution >= 0.6 is 0 Å². The molecule has 2 rings (SSSR count). The number of hydrogen-bond donors (Lipinski definition) is 0. The minimum absolute atomic E-state index is 0.0291. The van der Waals surface area contributed by atoms with Crippen molar-refractivity contribution in [2.75, 3.05) is 37.7 Å². The number of esters is 1. The van der Waals surface area contributed by atoms with Crippen LogP contribution < -0.4 is 0 Å². The van der Waals surface area contributed by atoms with Crippen LogP contribution in [0.2, 0.25) is 0 Å². The number of unbranched alkanes of at least 4 members (excludes halogenated alkanes) is 1. The molecule has 2 amide bonds. The van der Waals surface area contributed by atoms with Gasteiger partial charge in [0.2, 0.25) is 5.91 Å². The van der Waals surface area contributed by atoms with E-state index in [0.29, 0.717) is 25.9 Å². The van der Waals surface area contributed by atoms with Crippen molar-refractivity contribution in [3.8, 4) is 0 Å². The van der Waals surface area contributed by atoms with Crippen molar-refractivity contribution in [1.29, 1.82) is 0 Å². The summed E-state index contributed by atoms with van der Waals surface area (Å²) in [5, 5.41) is 0. The zero-order valence-electron chi connectivity index (χ0n) is 16.0. The molecule has 2 heterocycles. The van der Waals surface area contributed by atoms with E-state index in [1.54, 1.807) is 4.90 Å². The first-order valence-corrected chi connectivity index (χ1v) is 11.6. The second kappa shape index (κ2) is 10.1. The van der Waals surface area contributed by atoms with Crippen molar-refractivity contribution in [2.24, 2.45) is 0 Å². The molecule has 27 heavy (non-hydrogen) atoms. The van der Waals surface area contributed by atoms with Gasteiger partial charge in [0.25, 0.3) is 5.91 Å². The standard InChI is InChI=1S/C18H30N2O6S/c1-2-3-10-20(15-8-11-27(24,25)14-15)17(22)13-26-18(23)12-19-9-6-4-5-7-16(19)21/h15H,2-14H2,1H3. The van der Waals surface area contributed by atoms with Gasteiger partial charge in [0.15, 0.2) is 16.4 Å². The molecule has 0 bridgehead atoms. The average Bonchev–Trinajstić information content (AvgIpc) is 2.85. The monoisotopic (exact) mass is 402 g/mol. The Kier molecular flexibility index (Phi) is 8.07. The molecule has 2 fully saturated rings. The van der Waals surface area contributed by atoms with E-state index < -0.39 is 22.4 Å². The lowest BCUT2D eigenvalue weighted by Gasteiger charge is -2.28. The highest BCUT2D eigenvalue weighted by Crippen LogP contribution is 2.19. The summed E-state index contributed by atoms with van der Waals surface area (Å²) in [6.07, 6.45) is 5.16. The summed E-state index contributed by atoms with van der Waals surface area (Å²) >= 11 is 0. The summed E-state index contributed by atoms with van der Waals surface area (Å²) in [5.41, 5.74) is 0. The van der Waals surface area contributed by atoms with Crippen LogP contribution in [0, 0.1) is 0 Å². The maximum absolute atomic E-state index is 12.5. The molecule has 1 unspecified atom stereocenters. The number of ether oxygens (including phenoxy) is 1. The Hall–Kier alpha value is -1.64. The summed E-state index contributed by atoms with van der Waals surface area (Å²) in [7, 11) is -3.10. The molecule has 154 valence electrons. The predicted octanol–water partition coefficient (Wildman–Crippen LogP) is 0.748. The van der Waals surface area contributed by atoms with Gasteiger partial charge < -0.3 is 14.5 Å². The number of rotatable bonds is 8. The van der Waals surface area contributed by atoms with E-state index in [1.807, 2.05) is 6.92 Å². The van der Waals surface area contributed by atoms with Gasteiger partial charge in [0.1, 0.15) is 6.54 Å². The molecule has 0 spiro atoms. The molecule has 9 heteroatoms. The minimum atomic E-state index is -3.10. The fourth-order valence-electron chi connectivity index (χ4n) is 3.49. The van der Waals surface area contributed by atoms with Gasteiger partial charge in [-0.2, -0.15) is 0 Å². The lowest BCUT2D eigenvalue weighted by atomic mass is 10.2. The second-order valence-corrected chi connectivity index (χ2v) is 9.51. The smallest absolute Gasteiger partial charge is 0.326 e. The first kappa shape index (κ1) is 21.7. The second-order valence-electron chi connectivity index (χ2n) is 7.28. The number of hydrogen-bond acceptors (Lipinski definition) is 6. The van der Waals surface area contributed by atoms with Gasteiger partial charge in [-0.05, 0) is 25.7 Å². The average molecular weight is 403 g/mol. The number of carbonyl (C=O) groups excluding carboxylic acids is 3. The van der Waals surface area contributed by atoms with E-state index in [4.69, 9.17) is 4.74 Å². The van der Waals surface area contributed by atoms with Crippen LogP contribution in [-0.4, -0.2) is 79.8 Å². The number of likely N-dealkylation sites (tertiary alicyclic amines) is 1. The fraction of sp³-hybridized carbons (Fsp3) is 0.833. The van der Waals surface area contributed by atoms with E-state index >= 15 is 0 Å². The van der Waals surface area contributed by atoms with E-state index in [9.17, 15) is 22.8 Å². The molecular weight excluding hydrogens is 372 g/mol. The van der Waals surface area contributed by atoms with Gasteiger partial charge in [0.05, 0.1) is 11.5 Å². The van der Waals surface area contributed by atoms with Crippen LogP contribution in [0.15, 0.2) is 0 Å². The summed E-state index contributed by atoms with van der Waals surface area (Å²) in [5.74, 6) is -0.978. The van der Waals surface area contributed by atoms with Crippen LogP contribution in [0.4, 0.5) is 0 Å². The minimum Gasteiger partial charge on any atom is -0.454 e. The van der Waals surface area contributed by atoms with Crippen LogP contribution in [0.25, 0.3) is 0 Å². The topological polar surface area (TPSA) is 101 Å². The van der Waals surface area contributed by atoms with Crippen LogP contribution in [-0.2, 0) is 29.0 Å². The van der Waals surface area contributed by atoms with Crippen molar-refractivity contribution < 1.29 is 27.5 Å². The molecule has 0 aromatic carbocycles. The lowest BCUT2D eigenvalue weighted by molar-refractivity contribution is -0.155. The third-order valence-electron chi connectivity index (χ3n) is 5.07. The normalized spacial score (nSPS) is 22.3. The predicted molar refractivity (Wildman–Crippen MR) is 99.7 cm³/mol. The van der Waals surface area contributed by atoms with Gasteiger partial charge >= 0.3 is 5.97 Å². The molecule has 8 nitrogen and oxygen atoms in total. The van der Waals surface area contributed by atoms with Crippen LogP contribution in [0.1, 0.15) is 51.9 Å². The molecule has 0 N–H and O–H groups in total. The third kappa shape index (κ3) is 6.79. The summed E-state index contributed by atoms with van der Waals surface area (Å²) in [4.78, 5) is 39.5. The Bertz CT molecular complexity index is 648. The van der Waals surface area contributed by atoms with E-state index in [-0.39, 0.29) is 35.9 Å². The Balaban J connectivity index is 1.86. The summed E-state index contributed by atoms with van der Waals surface area (Å²) in [6.45, 7) is 2.43. The van der Waals surface area contributed by atoms with Crippen LogP contribution in [0.5, 0.6) is 0 Å². The summed E-state index contributed by atoms with van der Waals surface area (Å²) < 4.78 is 28.5. The highest BCUT2D eigenvalue weighted by molar-refractivity contribution is 7.91. The maximum Gasteiger partial charge on any atom is 0.326 e. The SMILES string of the molecule is CCCCN(C(=O)COC(=O)CN1CCCCCC1=O)C1CCS(=O)(=O)C1. The van der Waals surface area contributed by atoms with Gasteiger partial charge in [-0.3, -0.25) is 14.4 Å². The molecule has 0 aromatic rings. The number of sulfone groups is 1. The van der Waals surface area contributed by atoms with Crippen molar-refractivity contribution >= 4 is 27.6 Å². The number of amides is 2. The molecule has 2 aliphatic heterocycles. The molecule has 2 aliphatic rings. The van der Waals surface area contributed by atoms with E-state index in [2.05, 4.69) is 0 Å². The first-order valence-electron chi connectivity index (χ1n) is 9.75. The molecule has 1 atom stereocenters. The summed E-state index contributed by atoms with van der Waals surface area (Å²) in [6, 6.07) is -0.347. The maximum atomic E-state index is 12.5. The van der Waals surface area contributed by atoms with Gasteiger partial charge in [-0.1, -0.05) is 19.8 Å². The van der Waals surface area contributed by atoms with E-state index in [1.165, 1.54) is 4.90 Å². The first-order chi connectivity index (χ1) is 12.8. The number of nitrogens with zero attached hydrogens (tertiary/aromatic N) is 2.